The summed E-state index contributed by atoms with van der Waals surface area (Å²) in [6.45, 7) is 1.12. The molecule has 1 aliphatic heterocycles. The third-order valence-electron chi connectivity index (χ3n) is 3.59. The van der Waals surface area contributed by atoms with E-state index in [0.717, 1.165) is 5.56 Å². The smallest absolute Gasteiger partial charge is 0.222 e. The fourth-order valence-electron chi connectivity index (χ4n) is 2.41. The number of carbonyl (C=O) groups excluding carboxylic acids is 1. The van der Waals surface area contributed by atoms with E-state index in [2.05, 4.69) is 0 Å². The van der Waals surface area contributed by atoms with E-state index in [4.69, 9.17) is 9.47 Å². The molecule has 1 atom stereocenters. The number of carbonyl (C=O) groups is 1. The van der Waals surface area contributed by atoms with Crippen LogP contribution in [0.25, 0.3) is 0 Å². The monoisotopic (exact) mass is 279 g/mol. The molecule has 0 saturated carbocycles. The Morgan fingerprint density at radius 1 is 1.35 bits per heavy atom. The summed E-state index contributed by atoms with van der Waals surface area (Å²) in [6, 6.07) is 5.68. The van der Waals surface area contributed by atoms with Crippen molar-refractivity contribution in [3.63, 3.8) is 0 Å². The zero-order valence-electron chi connectivity index (χ0n) is 12.0. The van der Waals surface area contributed by atoms with Crippen LogP contribution < -0.4 is 9.47 Å². The van der Waals surface area contributed by atoms with Gasteiger partial charge in [-0.25, -0.2) is 0 Å². The second kappa shape index (κ2) is 6.61. The summed E-state index contributed by atoms with van der Waals surface area (Å²) in [7, 11) is 3.19. The van der Waals surface area contributed by atoms with E-state index in [1.807, 2.05) is 18.2 Å². The van der Waals surface area contributed by atoms with Crippen LogP contribution in [0.4, 0.5) is 0 Å². The first-order chi connectivity index (χ1) is 9.63. The lowest BCUT2D eigenvalue weighted by molar-refractivity contribution is -0.130. The third-order valence-corrected chi connectivity index (χ3v) is 3.59. The van der Waals surface area contributed by atoms with Gasteiger partial charge < -0.3 is 19.5 Å². The van der Waals surface area contributed by atoms with Crippen molar-refractivity contribution >= 4 is 5.91 Å². The molecule has 1 aromatic rings. The van der Waals surface area contributed by atoms with Crippen molar-refractivity contribution in [3.05, 3.63) is 23.8 Å². The molecule has 1 N–H and O–H groups in total. The molecule has 1 aromatic carbocycles. The number of aliphatic hydroxyl groups excluding tert-OH is 1. The molecule has 110 valence electrons. The highest BCUT2D eigenvalue weighted by molar-refractivity contribution is 5.76. The van der Waals surface area contributed by atoms with Crippen LogP contribution in [0.15, 0.2) is 18.2 Å². The van der Waals surface area contributed by atoms with Gasteiger partial charge >= 0.3 is 0 Å². The Hall–Kier alpha value is -1.75. The first kappa shape index (κ1) is 14.7. The van der Waals surface area contributed by atoms with Crippen molar-refractivity contribution in [2.45, 2.75) is 25.4 Å². The summed E-state index contributed by atoms with van der Waals surface area (Å²) in [6.07, 6.45) is 1.43. The summed E-state index contributed by atoms with van der Waals surface area (Å²) in [5, 5.41) is 9.44. The number of aliphatic hydroxyl groups is 1. The number of aryl methyl sites for hydroxylation is 1. The summed E-state index contributed by atoms with van der Waals surface area (Å²) < 4.78 is 10.4. The van der Waals surface area contributed by atoms with E-state index in [-0.39, 0.29) is 12.0 Å². The molecule has 0 bridgehead atoms. The lowest BCUT2D eigenvalue weighted by atomic mass is 10.1. The van der Waals surface area contributed by atoms with Crippen molar-refractivity contribution in [2.75, 3.05) is 27.3 Å². The highest BCUT2D eigenvalue weighted by Gasteiger charge is 2.23. The molecule has 1 amide bonds. The summed E-state index contributed by atoms with van der Waals surface area (Å²) >= 11 is 0. The maximum Gasteiger partial charge on any atom is 0.222 e. The summed E-state index contributed by atoms with van der Waals surface area (Å²) in [4.78, 5) is 13.7. The lowest BCUT2D eigenvalue weighted by Gasteiger charge is -2.15. The Morgan fingerprint density at radius 3 is 2.70 bits per heavy atom. The number of hydrogen-bond donors (Lipinski definition) is 1. The number of β-amino-alcohol motifs (C(OH)–C–C–N with tert-alkyl or cyclic N) is 1. The maximum atomic E-state index is 12.0. The second-order valence-electron chi connectivity index (χ2n) is 4.97. The molecule has 0 aliphatic carbocycles. The molecule has 1 saturated heterocycles. The first-order valence-electron chi connectivity index (χ1n) is 6.80. The van der Waals surface area contributed by atoms with Crippen LogP contribution in [-0.4, -0.2) is 49.3 Å². The Bertz CT molecular complexity index is 475. The van der Waals surface area contributed by atoms with Crippen LogP contribution >= 0.6 is 0 Å². The number of likely N-dealkylation sites (tertiary alicyclic amines) is 1. The number of nitrogens with zero attached hydrogens (tertiary/aromatic N) is 1. The standard InChI is InChI=1S/C15H21NO4/c1-19-13-5-3-11(9-14(13)20-2)4-6-15(18)16-8-7-12(17)10-16/h3,5,9,12,17H,4,6-8,10H2,1-2H3. The minimum absolute atomic E-state index is 0.0938. The van der Waals surface area contributed by atoms with Gasteiger partial charge in [0, 0.05) is 19.5 Å². The average molecular weight is 279 g/mol. The maximum absolute atomic E-state index is 12.0. The number of ether oxygens (including phenoxy) is 2. The van der Waals surface area contributed by atoms with Crippen molar-refractivity contribution in [3.8, 4) is 11.5 Å². The minimum atomic E-state index is -0.361. The molecule has 5 heteroatoms. The molecule has 5 nitrogen and oxygen atoms in total. The van der Waals surface area contributed by atoms with E-state index in [1.54, 1.807) is 19.1 Å². The van der Waals surface area contributed by atoms with Crippen molar-refractivity contribution in [2.24, 2.45) is 0 Å². The predicted octanol–water partition coefficient (Wildman–Crippen LogP) is 1.23. The fraction of sp³-hybridized carbons (Fsp3) is 0.533. The number of amides is 1. The van der Waals surface area contributed by atoms with Crippen LogP contribution in [0.3, 0.4) is 0 Å². The van der Waals surface area contributed by atoms with Gasteiger partial charge in [-0.3, -0.25) is 4.79 Å². The van der Waals surface area contributed by atoms with Crippen molar-refractivity contribution < 1.29 is 19.4 Å². The fourth-order valence-corrected chi connectivity index (χ4v) is 2.41. The van der Waals surface area contributed by atoms with Gasteiger partial charge in [0.1, 0.15) is 0 Å². The van der Waals surface area contributed by atoms with Gasteiger partial charge in [-0.15, -0.1) is 0 Å². The largest absolute Gasteiger partial charge is 0.493 e. The van der Waals surface area contributed by atoms with Crippen LogP contribution in [0, 0.1) is 0 Å². The molecule has 20 heavy (non-hydrogen) atoms. The highest BCUT2D eigenvalue weighted by Crippen LogP contribution is 2.28. The van der Waals surface area contributed by atoms with Crippen molar-refractivity contribution in [1.82, 2.24) is 4.90 Å². The summed E-state index contributed by atoms with van der Waals surface area (Å²) in [5.41, 5.74) is 1.04. The third kappa shape index (κ3) is 3.42. The molecule has 0 aromatic heterocycles. The summed E-state index contributed by atoms with van der Waals surface area (Å²) in [5.74, 6) is 1.45. The second-order valence-corrected chi connectivity index (χ2v) is 4.97. The van der Waals surface area contributed by atoms with Gasteiger partial charge in [0.15, 0.2) is 11.5 Å². The topological polar surface area (TPSA) is 59.0 Å². The molecule has 1 heterocycles. The predicted molar refractivity (Wildman–Crippen MR) is 75.1 cm³/mol. The van der Waals surface area contributed by atoms with Crippen LogP contribution in [-0.2, 0) is 11.2 Å². The van der Waals surface area contributed by atoms with E-state index in [1.165, 1.54) is 0 Å². The van der Waals surface area contributed by atoms with E-state index in [0.29, 0.717) is 43.9 Å². The minimum Gasteiger partial charge on any atom is -0.493 e. The highest BCUT2D eigenvalue weighted by atomic mass is 16.5. The number of rotatable bonds is 5. The zero-order chi connectivity index (χ0) is 14.5. The Labute approximate surface area is 119 Å². The van der Waals surface area contributed by atoms with E-state index >= 15 is 0 Å². The van der Waals surface area contributed by atoms with Gasteiger partial charge in [-0.1, -0.05) is 6.07 Å². The molecule has 2 rings (SSSR count). The molecule has 0 radical (unpaired) electrons. The van der Waals surface area contributed by atoms with Crippen LogP contribution in [0.2, 0.25) is 0 Å². The van der Waals surface area contributed by atoms with Crippen LogP contribution in [0.1, 0.15) is 18.4 Å². The van der Waals surface area contributed by atoms with Gasteiger partial charge in [0.05, 0.1) is 20.3 Å². The van der Waals surface area contributed by atoms with E-state index in [9.17, 15) is 9.90 Å². The molecule has 1 unspecified atom stereocenters. The Balaban J connectivity index is 1.92. The average Bonchev–Trinajstić information content (AvgIpc) is 2.91. The lowest BCUT2D eigenvalue weighted by Crippen LogP contribution is -2.29. The van der Waals surface area contributed by atoms with Gasteiger partial charge in [-0.2, -0.15) is 0 Å². The van der Waals surface area contributed by atoms with Gasteiger partial charge in [0.25, 0.3) is 0 Å². The molecule has 1 fully saturated rings. The number of hydrogen-bond acceptors (Lipinski definition) is 4. The Morgan fingerprint density at radius 2 is 2.10 bits per heavy atom. The normalized spacial score (nSPS) is 18.1. The molecular weight excluding hydrogens is 258 g/mol. The SMILES string of the molecule is COc1ccc(CCC(=O)N2CCC(O)C2)cc1OC. The van der Waals surface area contributed by atoms with Gasteiger partial charge in [0.2, 0.25) is 5.91 Å². The molecular formula is C15H21NO4. The molecule has 1 aliphatic rings. The quantitative estimate of drug-likeness (QED) is 0.880. The van der Waals surface area contributed by atoms with Crippen LogP contribution in [0.5, 0.6) is 11.5 Å². The number of methoxy groups -OCH3 is 2. The Kier molecular flexibility index (Phi) is 4.84. The van der Waals surface area contributed by atoms with Crippen molar-refractivity contribution in [1.29, 1.82) is 0 Å². The number of benzene rings is 1. The zero-order valence-corrected chi connectivity index (χ0v) is 12.0. The first-order valence-corrected chi connectivity index (χ1v) is 6.80. The van der Waals surface area contributed by atoms with E-state index < -0.39 is 0 Å². The molecule has 0 spiro atoms. The van der Waals surface area contributed by atoms with Gasteiger partial charge in [-0.05, 0) is 30.5 Å².